The fourth-order valence-corrected chi connectivity index (χ4v) is 4.75. The number of imide groups is 1. The maximum atomic E-state index is 12.9. The molecule has 1 N–H and O–H groups in total. The molecule has 1 unspecified atom stereocenters. The van der Waals surface area contributed by atoms with Gasteiger partial charge in [0, 0.05) is 32.0 Å². The van der Waals surface area contributed by atoms with Crippen LogP contribution in [0.2, 0.25) is 0 Å². The Balaban J connectivity index is 1.39. The minimum Gasteiger partial charge on any atom is -0.338 e. The first-order valence-electron chi connectivity index (χ1n) is 9.94. The van der Waals surface area contributed by atoms with Crippen LogP contribution in [0.3, 0.4) is 0 Å². The molecule has 1 atom stereocenters. The van der Waals surface area contributed by atoms with Gasteiger partial charge in [-0.3, -0.25) is 14.5 Å². The standard InChI is InChI=1S/C21H27N3O3/c1-15-6-5-7-16(10-15)12-23-13-17(11-18(23)25)14-24-19(26)21(22-20(24)27)8-3-2-4-9-21/h5-7,10,17H,2-4,8-9,11-14H2,1H3,(H,22,27). The number of likely N-dealkylation sites (tertiary alicyclic amines) is 1. The smallest absolute Gasteiger partial charge is 0.325 e. The molecule has 1 aromatic rings. The highest BCUT2D eigenvalue weighted by Crippen LogP contribution is 2.34. The van der Waals surface area contributed by atoms with E-state index in [2.05, 4.69) is 11.4 Å². The highest BCUT2D eigenvalue weighted by molar-refractivity contribution is 6.07. The Hall–Kier alpha value is -2.37. The van der Waals surface area contributed by atoms with Gasteiger partial charge < -0.3 is 10.2 Å². The lowest BCUT2D eigenvalue weighted by Crippen LogP contribution is -2.48. The quantitative estimate of drug-likeness (QED) is 0.830. The number of benzene rings is 1. The Morgan fingerprint density at radius 3 is 2.67 bits per heavy atom. The van der Waals surface area contributed by atoms with Gasteiger partial charge in [-0.05, 0) is 25.3 Å². The summed E-state index contributed by atoms with van der Waals surface area (Å²) >= 11 is 0. The summed E-state index contributed by atoms with van der Waals surface area (Å²) in [5.41, 5.74) is 1.60. The SMILES string of the molecule is Cc1cccc(CN2CC(CN3C(=O)NC4(CCCCC4)C3=O)CC2=O)c1. The van der Waals surface area contributed by atoms with Crippen molar-refractivity contribution < 1.29 is 14.4 Å². The van der Waals surface area contributed by atoms with E-state index in [1.165, 1.54) is 10.5 Å². The van der Waals surface area contributed by atoms with Gasteiger partial charge >= 0.3 is 6.03 Å². The number of nitrogens with zero attached hydrogens (tertiary/aromatic N) is 2. The summed E-state index contributed by atoms with van der Waals surface area (Å²) in [6.07, 6.45) is 4.94. The Morgan fingerprint density at radius 1 is 1.15 bits per heavy atom. The first kappa shape index (κ1) is 18.0. The Kier molecular flexibility index (Phi) is 4.66. The van der Waals surface area contributed by atoms with Gasteiger partial charge in [0.05, 0.1) is 0 Å². The minimum atomic E-state index is -0.681. The van der Waals surface area contributed by atoms with Gasteiger partial charge in [-0.1, -0.05) is 49.1 Å². The number of hydrogen-bond donors (Lipinski definition) is 1. The normalized spacial score (nSPS) is 24.8. The van der Waals surface area contributed by atoms with Crippen LogP contribution in [-0.2, 0) is 16.1 Å². The first-order valence-corrected chi connectivity index (χ1v) is 9.94. The van der Waals surface area contributed by atoms with Crippen molar-refractivity contribution in [2.75, 3.05) is 13.1 Å². The summed E-state index contributed by atoms with van der Waals surface area (Å²) in [6.45, 7) is 3.55. The molecule has 144 valence electrons. The van der Waals surface area contributed by atoms with Crippen molar-refractivity contribution >= 4 is 17.8 Å². The molecule has 3 aliphatic rings. The first-order chi connectivity index (χ1) is 13.0. The topological polar surface area (TPSA) is 69.7 Å². The number of carbonyl (C=O) groups is 3. The summed E-state index contributed by atoms with van der Waals surface area (Å²) in [7, 11) is 0. The highest BCUT2D eigenvalue weighted by atomic mass is 16.2. The molecule has 1 saturated carbocycles. The van der Waals surface area contributed by atoms with Crippen molar-refractivity contribution in [3.8, 4) is 0 Å². The second kappa shape index (κ2) is 6.98. The average Bonchev–Trinajstić information content (AvgIpc) is 3.08. The van der Waals surface area contributed by atoms with E-state index in [0.29, 0.717) is 26.1 Å². The minimum absolute atomic E-state index is 0.00995. The molecule has 6 nitrogen and oxygen atoms in total. The number of nitrogens with one attached hydrogen (secondary N) is 1. The molecule has 4 amide bonds. The maximum absolute atomic E-state index is 12.9. The van der Waals surface area contributed by atoms with E-state index < -0.39 is 5.54 Å². The Morgan fingerprint density at radius 2 is 1.93 bits per heavy atom. The molecule has 0 radical (unpaired) electrons. The fourth-order valence-electron chi connectivity index (χ4n) is 4.75. The third-order valence-corrected chi connectivity index (χ3v) is 6.14. The molecule has 2 heterocycles. The van der Waals surface area contributed by atoms with Gasteiger partial charge in [0.1, 0.15) is 5.54 Å². The van der Waals surface area contributed by atoms with E-state index in [1.807, 2.05) is 30.0 Å². The van der Waals surface area contributed by atoms with E-state index in [4.69, 9.17) is 0 Å². The van der Waals surface area contributed by atoms with Crippen LogP contribution in [0.15, 0.2) is 24.3 Å². The molecule has 1 aromatic carbocycles. The molecule has 0 bridgehead atoms. The molecule has 2 saturated heterocycles. The predicted molar refractivity (Wildman–Crippen MR) is 101 cm³/mol. The van der Waals surface area contributed by atoms with Crippen LogP contribution in [0, 0.1) is 12.8 Å². The summed E-state index contributed by atoms with van der Waals surface area (Å²) in [4.78, 5) is 41.0. The van der Waals surface area contributed by atoms with Gasteiger partial charge in [-0.2, -0.15) is 0 Å². The molecule has 4 rings (SSSR count). The van der Waals surface area contributed by atoms with Crippen LogP contribution in [0.1, 0.15) is 49.7 Å². The zero-order valence-corrected chi connectivity index (χ0v) is 15.9. The van der Waals surface area contributed by atoms with E-state index in [-0.39, 0.29) is 23.8 Å². The number of amides is 4. The molecule has 6 heteroatoms. The van der Waals surface area contributed by atoms with Crippen molar-refractivity contribution in [1.29, 1.82) is 0 Å². The van der Waals surface area contributed by atoms with E-state index in [9.17, 15) is 14.4 Å². The highest BCUT2D eigenvalue weighted by Gasteiger charge is 2.52. The lowest BCUT2D eigenvalue weighted by atomic mass is 9.81. The number of carbonyl (C=O) groups excluding carboxylic acids is 3. The predicted octanol–water partition coefficient (Wildman–Crippen LogP) is 2.60. The lowest BCUT2D eigenvalue weighted by Gasteiger charge is -2.30. The van der Waals surface area contributed by atoms with Crippen molar-refractivity contribution in [1.82, 2.24) is 15.1 Å². The van der Waals surface area contributed by atoms with Crippen LogP contribution in [0.5, 0.6) is 0 Å². The van der Waals surface area contributed by atoms with Crippen LogP contribution >= 0.6 is 0 Å². The lowest BCUT2D eigenvalue weighted by molar-refractivity contribution is -0.133. The number of aryl methyl sites for hydroxylation is 1. The second-order valence-electron chi connectivity index (χ2n) is 8.32. The summed E-state index contributed by atoms with van der Waals surface area (Å²) < 4.78 is 0. The zero-order valence-electron chi connectivity index (χ0n) is 15.9. The van der Waals surface area contributed by atoms with Crippen LogP contribution < -0.4 is 5.32 Å². The summed E-state index contributed by atoms with van der Waals surface area (Å²) in [5, 5.41) is 2.95. The van der Waals surface area contributed by atoms with Crippen molar-refractivity contribution in [2.45, 2.75) is 57.5 Å². The molecule has 0 aromatic heterocycles. The number of hydrogen-bond acceptors (Lipinski definition) is 3. The Bertz CT molecular complexity index is 770. The van der Waals surface area contributed by atoms with Crippen molar-refractivity contribution in [3.63, 3.8) is 0 Å². The average molecular weight is 369 g/mol. The van der Waals surface area contributed by atoms with Gasteiger partial charge in [-0.15, -0.1) is 0 Å². The summed E-state index contributed by atoms with van der Waals surface area (Å²) in [5.74, 6) is 0.0217. The third kappa shape index (κ3) is 3.45. The molecule has 27 heavy (non-hydrogen) atoms. The molecule has 2 aliphatic heterocycles. The van der Waals surface area contributed by atoms with Crippen LogP contribution in [0.25, 0.3) is 0 Å². The molecule has 1 aliphatic carbocycles. The monoisotopic (exact) mass is 369 g/mol. The largest absolute Gasteiger partial charge is 0.338 e. The molecular formula is C21H27N3O3. The van der Waals surface area contributed by atoms with E-state index >= 15 is 0 Å². The van der Waals surface area contributed by atoms with Crippen LogP contribution in [-0.4, -0.2) is 46.3 Å². The second-order valence-corrected chi connectivity index (χ2v) is 8.32. The molecule has 1 spiro atoms. The third-order valence-electron chi connectivity index (χ3n) is 6.14. The van der Waals surface area contributed by atoms with E-state index in [1.54, 1.807) is 0 Å². The van der Waals surface area contributed by atoms with Gasteiger partial charge in [0.25, 0.3) is 5.91 Å². The fraction of sp³-hybridized carbons (Fsp3) is 0.571. The van der Waals surface area contributed by atoms with Gasteiger partial charge in [0.2, 0.25) is 5.91 Å². The van der Waals surface area contributed by atoms with Crippen LogP contribution in [0.4, 0.5) is 4.79 Å². The Labute approximate surface area is 159 Å². The van der Waals surface area contributed by atoms with E-state index in [0.717, 1.165) is 37.7 Å². The van der Waals surface area contributed by atoms with Crippen molar-refractivity contribution in [2.24, 2.45) is 5.92 Å². The summed E-state index contributed by atoms with van der Waals surface area (Å²) in [6, 6.07) is 7.87. The molecular weight excluding hydrogens is 342 g/mol. The zero-order chi connectivity index (χ0) is 19.0. The molecule has 3 fully saturated rings. The number of rotatable bonds is 4. The van der Waals surface area contributed by atoms with Gasteiger partial charge in [-0.25, -0.2) is 4.79 Å². The van der Waals surface area contributed by atoms with Gasteiger partial charge in [0.15, 0.2) is 0 Å². The number of urea groups is 1. The maximum Gasteiger partial charge on any atom is 0.325 e. The van der Waals surface area contributed by atoms with Crippen molar-refractivity contribution in [3.05, 3.63) is 35.4 Å².